The van der Waals surface area contributed by atoms with Gasteiger partial charge in [-0.3, -0.25) is 0 Å². The Morgan fingerprint density at radius 1 is 1.62 bits per heavy atom. The van der Waals surface area contributed by atoms with Crippen LogP contribution < -0.4 is 0 Å². The summed E-state index contributed by atoms with van der Waals surface area (Å²) in [7, 11) is 1.66. The van der Waals surface area contributed by atoms with E-state index in [0.717, 1.165) is 5.76 Å². The van der Waals surface area contributed by atoms with Gasteiger partial charge >= 0.3 is 0 Å². The van der Waals surface area contributed by atoms with Gasteiger partial charge in [-0.05, 0) is 13.0 Å². The average Bonchev–Trinajstić information content (AvgIpc) is 1.69. The van der Waals surface area contributed by atoms with Gasteiger partial charge in [0.1, 0.15) is 0 Å². The lowest BCUT2D eigenvalue weighted by Gasteiger charge is -2.07. The van der Waals surface area contributed by atoms with Crippen LogP contribution >= 0.6 is 0 Å². The van der Waals surface area contributed by atoms with Crippen LogP contribution in [0.4, 0.5) is 0 Å². The molecule has 0 heterocycles. The highest BCUT2D eigenvalue weighted by molar-refractivity contribution is 4.97. The summed E-state index contributed by atoms with van der Waals surface area (Å²) in [5.74, 6) is 1.41. The molecule has 0 atom stereocenters. The van der Waals surface area contributed by atoms with Crippen LogP contribution in [0.5, 0.6) is 0 Å². The van der Waals surface area contributed by atoms with Crippen LogP contribution in [0.1, 0.15) is 13.8 Å². The maximum absolute atomic E-state index is 4.96. The zero-order valence-corrected chi connectivity index (χ0v) is 5.77. The predicted octanol–water partition coefficient (Wildman–Crippen LogP) is 2.01. The SMILES string of the molecule is [CH2]/C=C(\OC)C(C)C. The van der Waals surface area contributed by atoms with Crippen LogP contribution in [0.3, 0.4) is 0 Å². The fraction of sp³-hybridized carbons (Fsp3) is 0.571. The summed E-state index contributed by atoms with van der Waals surface area (Å²) in [6, 6.07) is 0. The highest BCUT2D eigenvalue weighted by atomic mass is 16.5. The average molecular weight is 113 g/mol. The number of hydrogen-bond acceptors (Lipinski definition) is 1. The van der Waals surface area contributed by atoms with Gasteiger partial charge in [0.15, 0.2) is 0 Å². The van der Waals surface area contributed by atoms with Crippen molar-refractivity contribution in [1.29, 1.82) is 0 Å². The highest BCUT2D eigenvalue weighted by Crippen LogP contribution is 2.07. The first kappa shape index (κ1) is 7.54. The Labute approximate surface area is 51.4 Å². The molecular weight excluding hydrogens is 100 g/mol. The smallest absolute Gasteiger partial charge is 0.0941 e. The molecule has 0 N–H and O–H groups in total. The molecule has 0 unspecified atom stereocenters. The molecule has 0 aliphatic rings. The molecule has 47 valence electrons. The monoisotopic (exact) mass is 113 g/mol. The first-order valence-electron chi connectivity index (χ1n) is 2.75. The van der Waals surface area contributed by atoms with Crippen molar-refractivity contribution in [2.24, 2.45) is 5.92 Å². The molecule has 0 aliphatic carbocycles. The second-order valence-corrected chi connectivity index (χ2v) is 1.97. The lowest BCUT2D eigenvalue weighted by Crippen LogP contribution is -1.94. The molecular formula is C7H13O. The third-order valence-corrected chi connectivity index (χ3v) is 1.01. The van der Waals surface area contributed by atoms with E-state index in [-0.39, 0.29) is 0 Å². The van der Waals surface area contributed by atoms with Gasteiger partial charge < -0.3 is 4.74 Å². The quantitative estimate of drug-likeness (QED) is 0.498. The van der Waals surface area contributed by atoms with Crippen molar-refractivity contribution in [2.45, 2.75) is 13.8 Å². The summed E-state index contributed by atoms with van der Waals surface area (Å²) in [4.78, 5) is 0. The van der Waals surface area contributed by atoms with Crippen molar-refractivity contribution in [3.05, 3.63) is 18.8 Å². The van der Waals surface area contributed by atoms with E-state index in [9.17, 15) is 0 Å². The largest absolute Gasteiger partial charge is 0.501 e. The molecule has 0 bridgehead atoms. The summed E-state index contributed by atoms with van der Waals surface area (Å²) >= 11 is 0. The summed E-state index contributed by atoms with van der Waals surface area (Å²) in [5.41, 5.74) is 0. The Morgan fingerprint density at radius 3 is 2.12 bits per heavy atom. The number of allylic oxidation sites excluding steroid dienone is 2. The first-order chi connectivity index (χ1) is 3.72. The Bertz CT molecular complexity index is 82.4. The second-order valence-electron chi connectivity index (χ2n) is 1.97. The Kier molecular flexibility index (Phi) is 3.33. The minimum Gasteiger partial charge on any atom is -0.501 e. The van der Waals surface area contributed by atoms with Crippen molar-refractivity contribution in [3.63, 3.8) is 0 Å². The van der Waals surface area contributed by atoms with Crippen LogP contribution in [-0.4, -0.2) is 7.11 Å². The standard InChI is InChI=1S/C7H13O/c1-5-7(8-4)6(2)3/h5-6H,1H2,2-4H3/b7-5-. The van der Waals surface area contributed by atoms with Gasteiger partial charge in [-0.25, -0.2) is 0 Å². The second kappa shape index (κ2) is 3.53. The predicted molar refractivity (Wildman–Crippen MR) is 35.3 cm³/mol. The van der Waals surface area contributed by atoms with Crippen LogP contribution in [0.2, 0.25) is 0 Å². The Balaban J connectivity index is 3.72. The zero-order chi connectivity index (χ0) is 6.57. The van der Waals surface area contributed by atoms with Gasteiger partial charge in [-0.1, -0.05) is 13.8 Å². The number of rotatable bonds is 2. The van der Waals surface area contributed by atoms with Gasteiger partial charge in [0, 0.05) is 5.92 Å². The minimum absolute atomic E-state index is 0.456. The number of ether oxygens (including phenoxy) is 1. The normalized spacial score (nSPS) is 12.4. The highest BCUT2D eigenvalue weighted by Gasteiger charge is 1.97. The van der Waals surface area contributed by atoms with Crippen LogP contribution in [0.25, 0.3) is 0 Å². The molecule has 0 amide bonds. The third kappa shape index (κ3) is 2.01. The van der Waals surface area contributed by atoms with E-state index in [1.165, 1.54) is 0 Å². The van der Waals surface area contributed by atoms with Gasteiger partial charge in [0.25, 0.3) is 0 Å². The summed E-state index contributed by atoms with van der Waals surface area (Å²) in [6.45, 7) is 7.73. The number of methoxy groups -OCH3 is 1. The van der Waals surface area contributed by atoms with Crippen molar-refractivity contribution >= 4 is 0 Å². The minimum atomic E-state index is 0.456. The molecule has 0 spiro atoms. The van der Waals surface area contributed by atoms with Gasteiger partial charge in [-0.2, -0.15) is 0 Å². The van der Waals surface area contributed by atoms with E-state index in [0.29, 0.717) is 5.92 Å². The lowest BCUT2D eigenvalue weighted by molar-refractivity contribution is 0.254. The molecule has 0 aromatic carbocycles. The van der Waals surface area contributed by atoms with Crippen molar-refractivity contribution in [2.75, 3.05) is 7.11 Å². The fourth-order valence-electron chi connectivity index (χ4n) is 0.555. The summed E-state index contributed by atoms with van der Waals surface area (Å²) < 4.78 is 4.96. The van der Waals surface area contributed by atoms with Gasteiger partial charge in [-0.15, -0.1) is 0 Å². The summed E-state index contributed by atoms with van der Waals surface area (Å²) in [5, 5.41) is 0. The van der Waals surface area contributed by atoms with Crippen LogP contribution in [0, 0.1) is 12.8 Å². The lowest BCUT2D eigenvalue weighted by atomic mass is 10.2. The van der Waals surface area contributed by atoms with Crippen LogP contribution in [-0.2, 0) is 4.74 Å². The zero-order valence-electron chi connectivity index (χ0n) is 5.77. The van der Waals surface area contributed by atoms with Crippen molar-refractivity contribution < 1.29 is 4.74 Å². The maximum Gasteiger partial charge on any atom is 0.0941 e. The van der Waals surface area contributed by atoms with E-state index in [2.05, 4.69) is 20.8 Å². The van der Waals surface area contributed by atoms with Crippen LogP contribution in [0.15, 0.2) is 11.8 Å². The van der Waals surface area contributed by atoms with Crippen molar-refractivity contribution in [3.8, 4) is 0 Å². The van der Waals surface area contributed by atoms with E-state index < -0.39 is 0 Å². The molecule has 0 aromatic rings. The first-order valence-corrected chi connectivity index (χ1v) is 2.75. The third-order valence-electron chi connectivity index (χ3n) is 1.01. The van der Waals surface area contributed by atoms with Gasteiger partial charge in [0.05, 0.1) is 12.9 Å². The van der Waals surface area contributed by atoms with E-state index >= 15 is 0 Å². The topological polar surface area (TPSA) is 9.23 Å². The molecule has 0 aliphatic heterocycles. The molecule has 1 nitrogen and oxygen atoms in total. The molecule has 8 heavy (non-hydrogen) atoms. The Hall–Kier alpha value is -0.460. The van der Waals surface area contributed by atoms with E-state index in [1.54, 1.807) is 13.2 Å². The fourth-order valence-corrected chi connectivity index (χ4v) is 0.555. The molecule has 0 aromatic heterocycles. The molecule has 0 saturated heterocycles. The molecule has 0 fully saturated rings. The maximum atomic E-state index is 4.96. The molecule has 0 saturated carbocycles. The molecule has 1 heteroatoms. The molecule has 0 rings (SSSR count). The number of hydrogen-bond donors (Lipinski definition) is 0. The van der Waals surface area contributed by atoms with E-state index in [1.807, 2.05) is 0 Å². The van der Waals surface area contributed by atoms with Crippen molar-refractivity contribution in [1.82, 2.24) is 0 Å². The van der Waals surface area contributed by atoms with Gasteiger partial charge in [0.2, 0.25) is 0 Å². The molecule has 1 radical (unpaired) electrons. The Morgan fingerprint density at radius 2 is 2.12 bits per heavy atom. The summed E-state index contributed by atoms with van der Waals surface area (Å²) in [6.07, 6.45) is 1.74. The van der Waals surface area contributed by atoms with E-state index in [4.69, 9.17) is 4.74 Å².